The highest BCUT2D eigenvalue weighted by Crippen LogP contribution is 2.27. The number of hydrogen-bond donors (Lipinski definition) is 2. The number of benzene rings is 1. The molecule has 2 N–H and O–H groups in total. The van der Waals surface area contributed by atoms with Gasteiger partial charge in [-0.3, -0.25) is 14.4 Å². The quantitative estimate of drug-likeness (QED) is 0.513. The van der Waals surface area contributed by atoms with E-state index >= 15 is 0 Å². The zero-order valence-electron chi connectivity index (χ0n) is 15.3. The Balaban J connectivity index is 1.37. The standard InChI is InChI=1S/C19H15F2N3O4S2/c20-13-4-3-11(6-14(13)21)23-16(25)8-22-17(26)9-28-18(27)7-12-10-30-19(24-12)15-2-1-5-29-15/h1-6,10H,7-9H2,(H,22,26)(H,23,25). The molecule has 0 unspecified atom stereocenters. The maximum Gasteiger partial charge on any atom is 0.312 e. The molecule has 0 fully saturated rings. The number of aromatic nitrogens is 1. The first-order chi connectivity index (χ1) is 14.4. The summed E-state index contributed by atoms with van der Waals surface area (Å²) >= 11 is 2.95. The van der Waals surface area contributed by atoms with Crippen LogP contribution in [0.2, 0.25) is 0 Å². The van der Waals surface area contributed by atoms with Gasteiger partial charge in [-0.25, -0.2) is 13.8 Å². The number of carbonyl (C=O) groups excluding carboxylic acids is 3. The summed E-state index contributed by atoms with van der Waals surface area (Å²) in [6.07, 6.45) is -0.0776. The van der Waals surface area contributed by atoms with Gasteiger partial charge in [0.1, 0.15) is 5.01 Å². The number of carbonyl (C=O) groups is 3. The van der Waals surface area contributed by atoms with Crippen LogP contribution in [0.5, 0.6) is 0 Å². The summed E-state index contributed by atoms with van der Waals surface area (Å²) < 4.78 is 30.8. The SMILES string of the molecule is O=C(COC(=O)Cc1csc(-c2cccs2)n1)NCC(=O)Nc1ccc(F)c(F)c1. The molecule has 3 rings (SSSR count). The number of hydrogen-bond acceptors (Lipinski definition) is 7. The molecule has 2 amide bonds. The van der Waals surface area contributed by atoms with Gasteiger partial charge >= 0.3 is 5.97 Å². The fourth-order valence-electron chi connectivity index (χ4n) is 2.26. The normalized spacial score (nSPS) is 10.5. The third-order valence-corrected chi connectivity index (χ3v) is 5.55. The Morgan fingerprint density at radius 1 is 1.07 bits per heavy atom. The molecule has 156 valence electrons. The average Bonchev–Trinajstić information content (AvgIpc) is 3.39. The smallest absolute Gasteiger partial charge is 0.312 e. The second-order valence-electron chi connectivity index (χ2n) is 5.91. The maximum atomic E-state index is 13.1. The Kier molecular flexibility index (Phi) is 7.20. The lowest BCUT2D eigenvalue weighted by Gasteiger charge is -2.08. The van der Waals surface area contributed by atoms with Crippen molar-refractivity contribution in [3.63, 3.8) is 0 Å². The van der Waals surface area contributed by atoms with Gasteiger partial charge < -0.3 is 15.4 Å². The van der Waals surface area contributed by atoms with Crippen LogP contribution in [0.1, 0.15) is 5.69 Å². The largest absolute Gasteiger partial charge is 0.455 e. The third kappa shape index (κ3) is 6.16. The van der Waals surface area contributed by atoms with Crippen LogP contribution in [0.15, 0.2) is 41.1 Å². The highest BCUT2D eigenvalue weighted by Gasteiger charge is 2.13. The van der Waals surface area contributed by atoms with Gasteiger partial charge in [0.2, 0.25) is 5.91 Å². The van der Waals surface area contributed by atoms with Gasteiger partial charge in [0, 0.05) is 17.1 Å². The molecule has 2 heterocycles. The number of thiazole rings is 1. The molecule has 3 aromatic rings. The van der Waals surface area contributed by atoms with Crippen molar-refractivity contribution in [2.24, 2.45) is 0 Å². The topological polar surface area (TPSA) is 97.4 Å². The summed E-state index contributed by atoms with van der Waals surface area (Å²) in [7, 11) is 0. The van der Waals surface area contributed by atoms with Crippen molar-refractivity contribution in [1.82, 2.24) is 10.3 Å². The lowest BCUT2D eigenvalue weighted by Crippen LogP contribution is -2.35. The minimum absolute atomic E-state index is 0.0461. The maximum absolute atomic E-state index is 13.1. The fourth-order valence-corrected chi connectivity index (χ4v) is 3.89. The van der Waals surface area contributed by atoms with E-state index in [1.54, 1.807) is 16.7 Å². The van der Waals surface area contributed by atoms with Crippen LogP contribution in [0.25, 0.3) is 9.88 Å². The Labute approximate surface area is 177 Å². The molecule has 0 bridgehead atoms. The molecule has 7 nitrogen and oxygen atoms in total. The van der Waals surface area contributed by atoms with Crippen molar-refractivity contribution >= 4 is 46.1 Å². The number of nitrogens with one attached hydrogen (secondary N) is 2. The van der Waals surface area contributed by atoms with Crippen molar-refractivity contribution in [3.05, 3.63) is 58.4 Å². The third-order valence-electron chi connectivity index (χ3n) is 3.62. The molecule has 0 saturated heterocycles. The van der Waals surface area contributed by atoms with Gasteiger partial charge in [0.25, 0.3) is 5.91 Å². The summed E-state index contributed by atoms with van der Waals surface area (Å²) in [4.78, 5) is 40.7. The van der Waals surface area contributed by atoms with E-state index in [0.29, 0.717) is 5.69 Å². The van der Waals surface area contributed by atoms with Gasteiger partial charge in [-0.1, -0.05) is 6.07 Å². The summed E-state index contributed by atoms with van der Waals surface area (Å²) in [5.41, 5.74) is 0.587. The Morgan fingerprint density at radius 2 is 1.90 bits per heavy atom. The van der Waals surface area contributed by atoms with E-state index in [1.807, 2.05) is 17.5 Å². The summed E-state index contributed by atoms with van der Waals surface area (Å²) in [6.45, 7) is -0.981. The number of nitrogens with zero attached hydrogens (tertiary/aromatic N) is 1. The van der Waals surface area contributed by atoms with E-state index in [4.69, 9.17) is 4.74 Å². The minimum atomic E-state index is -1.11. The summed E-state index contributed by atoms with van der Waals surface area (Å²) in [6, 6.07) is 6.71. The predicted octanol–water partition coefficient (Wildman–Crippen LogP) is 2.99. The lowest BCUT2D eigenvalue weighted by molar-refractivity contribution is -0.147. The molecule has 11 heteroatoms. The number of thiophene rings is 1. The van der Waals surface area contributed by atoms with Crippen molar-refractivity contribution in [1.29, 1.82) is 0 Å². The molecular formula is C19H15F2N3O4S2. The molecule has 0 aliphatic rings. The first kappa shape index (κ1) is 21.5. The number of anilines is 1. The Hall–Kier alpha value is -3.18. The minimum Gasteiger partial charge on any atom is -0.455 e. The lowest BCUT2D eigenvalue weighted by atomic mass is 10.3. The van der Waals surface area contributed by atoms with Gasteiger partial charge in [0.05, 0.1) is 23.5 Å². The van der Waals surface area contributed by atoms with Gasteiger partial charge in [-0.2, -0.15) is 0 Å². The molecule has 0 atom stereocenters. The molecule has 0 spiro atoms. The summed E-state index contributed by atoms with van der Waals surface area (Å²) in [5.74, 6) is -4.10. The molecule has 0 radical (unpaired) electrons. The van der Waals surface area contributed by atoms with E-state index < -0.39 is 42.6 Å². The van der Waals surface area contributed by atoms with Gasteiger partial charge in [-0.05, 0) is 23.6 Å². The number of esters is 1. The molecule has 0 aliphatic heterocycles. The second kappa shape index (κ2) is 10.0. The number of amides is 2. The molecule has 30 heavy (non-hydrogen) atoms. The number of ether oxygens (including phenoxy) is 1. The van der Waals surface area contributed by atoms with E-state index in [0.717, 1.165) is 22.0 Å². The molecule has 0 aliphatic carbocycles. The molecule has 0 saturated carbocycles. The van der Waals surface area contributed by atoms with Crippen molar-refractivity contribution < 1.29 is 27.9 Å². The first-order valence-corrected chi connectivity index (χ1v) is 10.3. The zero-order chi connectivity index (χ0) is 21.5. The van der Waals surface area contributed by atoms with Crippen molar-refractivity contribution in [2.45, 2.75) is 6.42 Å². The van der Waals surface area contributed by atoms with Crippen LogP contribution in [-0.4, -0.2) is 35.9 Å². The van der Waals surface area contributed by atoms with Gasteiger partial charge in [-0.15, -0.1) is 22.7 Å². The highest BCUT2D eigenvalue weighted by molar-refractivity contribution is 7.20. The fraction of sp³-hybridized carbons (Fsp3) is 0.158. The van der Waals surface area contributed by atoms with Gasteiger partial charge in [0.15, 0.2) is 18.2 Å². The van der Waals surface area contributed by atoms with E-state index in [2.05, 4.69) is 15.6 Å². The van der Waals surface area contributed by atoms with E-state index in [9.17, 15) is 23.2 Å². The van der Waals surface area contributed by atoms with Crippen LogP contribution in [0.4, 0.5) is 14.5 Å². The number of halogens is 2. The van der Waals surface area contributed by atoms with E-state index in [-0.39, 0.29) is 12.1 Å². The van der Waals surface area contributed by atoms with Crippen molar-refractivity contribution in [2.75, 3.05) is 18.5 Å². The van der Waals surface area contributed by atoms with Crippen LogP contribution >= 0.6 is 22.7 Å². The summed E-state index contributed by atoms with van der Waals surface area (Å²) in [5, 5.41) is 9.05. The van der Waals surface area contributed by atoms with Crippen LogP contribution in [0.3, 0.4) is 0 Å². The Bertz CT molecular complexity index is 1050. The monoisotopic (exact) mass is 451 g/mol. The first-order valence-electron chi connectivity index (χ1n) is 8.56. The van der Waals surface area contributed by atoms with Crippen molar-refractivity contribution in [3.8, 4) is 9.88 Å². The highest BCUT2D eigenvalue weighted by atomic mass is 32.1. The molecular weight excluding hydrogens is 436 g/mol. The van der Waals surface area contributed by atoms with E-state index in [1.165, 1.54) is 17.4 Å². The molecule has 2 aromatic heterocycles. The average molecular weight is 451 g/mol. The zero-order valence-corrected chi connectivity index (χ0v) is 16.9. The predicted molar refractivity (Wildman–Crippen MR) is 108 cm³/mol. The Morgan fingerprint density at radius 3 is 2.63 bits per heavy atom. The number of rotatable bonds is 8. The second-order valence-corrected chi connectivity index (χ2v) is 7.72. The van der Waals surface area contributed by atoms with Crippen LogP contribution < -0.4 is 10.6 Å². The van der Waals surface area contributed by atoms with Crippen LogP contribution in [0, 0.1) is 11.6 Å². The van der Waals surface area contributed by atoms with Crippen LogP contribution in [-0.2, 0) is 25.5 Å². The molecule has 1 aromatic carbocycles.